The van der Waals surface area contributed by atoms with Gasteiger partial charge in [0.15, 0.2) is 5.78 Å². The van der Waals surface area contributed by atoms with E-state index in [9.17, 15) is 9.18 Å². The Hall–Kier alpha value is -2.79. The molecule has 134 valence electrons. The number of fused-ring (bicyclic) bond motifs is 1. The number of aryl methyl sites for hydroxylation is 1. The number of aromatic nitrogens is 1. The number of carbonyl (C=O) groups is 1. The minimum absolute atomic E-state index is 0.167. The van der Waals surface area contributed by atoms with Crippen LogP contribution in [-0.2, 0) is 13.0 Å². The van der Waals surface area contributed by atoms with Gasteiger partial charge in [-0.15, -0.1) is 0 Å². The lowest BCUT2D eigenvalue weighted by Gasteiger charge is -2.08. The van der Waals surface area contributed by atoms with E-state index in [1.54, 1.807) is 0 Å². The summed E-state index contributed by atoms with van der Waals surface area (Å²) in [6.07, 6.45) is 2.53. The summed E-state index contributed by atoms with van der Waals surface area (Å²) in [5.41, 5.74) is 4.96. The number of rotatable bonds is 7. The number of nitrogens with one attached hydrogen (secondary N) is 3. The average Bonchev–Trinajstić information content (AvgIpc) is 2.97. The SMILES string of the molecule is CNCc1cccc(-c2[nH]c3cc(F)cc(C(C)=O)c3c2CCC=N)c1. The summed E-state index contributed by atoms with van der Waals surface area (Å²) in [4.78, 5) is 15.4. The number of aromatic amines is 1. The van der Waals surface area contributed by atoms with Crippen LogP contribution in [0.1, 0.15) is 34.8 Å². The van der Waals surface area contributed by atoms with Crippen LogP contribution in [0, 0.1) is 11.2 Å². The number of hydrogen-bond donors (Lipinski definition) is 3. The molecule has 0 saturated carbocycles. The second kappa shape index (κ2) is 7.62. The summed E-state index contributed by atoms with van der Waals surface area (Å²) < 4.78 is 14.0. The minimum atomic E-state index is -0.432. The summed E-state index contributed by atoms with van der Waals surface area (Å²) in [6, 6.07) is 10.8. The Labute approximate surface area is 151 Å². The van der Waals surface area contributed by atoms with Crippen LogP contribution in [0.4, 0.5) is 4.39 Å². The Bertz CT molecular complexity index is 975. The van der Waals surface area contributed by atoms with Crippen molar-refractivity contribution in [2.75, 3.05) is 7.05 Å². The van der Waals surface area contributed by atoms with Gasteiger partial charge in [0.25, 0.3) is 0 Å². The van der Waals surface area contributed by atoms with Gasteiger partial charge in [0.1, 0.15) is 5.82 Å². The molecule has 0 aliphatic rings. The van der Waals surface area contributed by atoms with Gasteiger partial charge in [0.05, 0.1) is 0 Å². The molecule has 1 aromatic heterocycles. The third-order valence-electron chi connectivity index (χ3n) is 4.48. The molecule has 0 radical (unpaired) electrons. The van der Waals surface area contributed by atoms with Crippen LogP contribution in [-0.4, -0.2) is 24.0 Å². The molecule has 0 spiro atoms. The summed E-state index contributed by atoms with van der Waals surface area (Å²) >= 11 is 0. The fourth-order valence-corrected chi connectivity index (χ4v) is 3.40. The maximum absolute atomic E-state index is 14.0. The highest BCUT2D eigenvalue weighted by Gasteiger charge is 2.19. The van der Waals surface area contributed by atoms with E-state index in [1.807, 2.05) is 25.2 Å². The number of halogens is 1. The van der Waals surface area contributed by atoms with E-state index in [2.05, 4.69) is 16.4 Å². The van der Waals surface area contributed by atoms with Gasteiger partial charge in [-0.3, -0.25) is 4.79 Å². The fraction of sp³-hybridized carbons (Fsp3) is 0.238. The van der Waals surface area contributed by atoms with Gasteiger partial charge in [-0.05, 0) is 67.9 Å². The standard InChI is InChI=1S/C21H22FN3O/c1-13(26)18-10-16(22)11-19-20(18)17(7-4-8-23)21(25-19)15-6-3-5-14(9-15)12-24-2/h3,5-6,8-11,23-25H,4,7,12H2,1-2H3. The zero-order chi connectivity index (χ0) is 18.7. The van der Waals surface area contributed by atoms with Crippen molar-refractivity contribution < 1.29 is 9.18 Å². The third-order valence-corrected chi connectivity index (χ3v) is 4.48. The number of hydrogen-bond acceptors (Lipinski definition) is 3. The quantitative estimate of drug-likeness (QED) is 0.434. The molecule has 0 aliphatic carbocycles. The third kappa shape index (κ3) is 3.44. The summed E-state index contributed by atoms with van der Waals surface area (Å²) in [5.74, 6) is -0.599. The normalized spacial score (nSPS) is 11.0. The Morgan fingerprint density at radius 2 is 2.12 bits per heavy atom. The van der Waals surface area contributed by atoms with E-state index in [1.165, 1.54) is 25.3 Å². The van der Waals surface area contributed by atoms with Crippen molar-refractivity contribution in [3.8, 4) is 11.3 Å². The molecule has 3 N–H and O–H groups in total. The van der Waals surface area contributed by atoms with E-state index in [0.717, 1.165) is 34.3 Å². The van der Waals surface area contributed by atoms with Crippen LogP contribution >= 0.6 is 0 Å². The van der Waals surface area contributed by atoms with E-state index in [0.29, 0.717) is 23.9 Å². The van der Waals surface area contributed by atoms with Gasteiger partial charge in [-0.2, -0.15) is 0 Å². The summed E-state index contributed by atoms with van der Waals surface area (Å²) in [5, 5.41) is 11.3. The fourth-order valence-electron chi connectivity index (χ4n) is 3.40. The van der Waals surface area contributed by atoms with Crippen molar-refractivity contribution in [2.45, 2.75) is 26.3 Å². The van der Waals surface area contributed by atoms with Gasteiger partial charge in [0, 0.05) is 28.7 Å². The smallest absolute Gasteiger partial charge is 0.160 e. The molecule has 0 bridgehead atoms. The van der Waals surface area contributed by atoms with Crippen LogP contribution in [0.2, 0.25) is 0 Å². The van der Waals surface area contributed by atoms with Crippen LogP contribution in [0.3, 0.4) is 0 Å². The molecule has 3 aromatic rings. The minimum Gasteiger partial charge on any atom is -0.354 e. The van der Waals surface area contributed by atoms with E-state index in [4.69, 9.17) is 5.41 Å². The number of H-pyrrole nitrogens is 1. The molecule has 0 saturated heterocycles. The van der Waals surface area contributed by atoms with Crippen molar-refractivity contribution in [1.29, 1.82) is 5.41 Å². The number of Topliss-reactive ketones (excluding diaryl/α,β-unsaturated/α-hetero) is 1. The van der Waals surface area contributed by atoms with E-state index < -0.39 is 5.82 Å². The molecule has 4 nitrogen and oxygen atoms in total. The highest BCUT2D eigenvalue weighted by molar-refractivity contribution is 6.09. The zero-order valence-corrected chi connectivity index (χ0v) is 14.9. The maximum Gasteiger partial charge on any atom is 0.160 e. The monoisotopic (exact) mass is 351 g/mol. The van der Waals surface area contributed by atoms with Gasteiger partial charge in [0.2, 0.25) is 0 Å². The lowest BCUT2D eigenvalue weighted by Crippen LogP contribution is -2.04. The molecule has 3 rings (SSSR count). The van der Waals surface area contributed by atoms with Gasteiger partial charge in [-0.1, -0.05) is 18.2 Å². The first-order chi connectivity index (χ1) is 12.5. The van der Waals surface area contributed by atoms with Gasteiger partial charge >= 0.3 is 0 Å². The molecular weight excluding hydrogens is 329 g/mol. The molecule has 0 fully saturated rings. The molecule has 0 aliphatic heterocycles. The van der Waals surface area contributed by atoms with Crippen LogP contribution in [0.25, 0.3) is 22.2 Å². The highest BCUT2D eigenvalue weighted by Crippen LogP contribution is 2.34. The summed E-state index contributed by atoms with van der Waals surface area (Å²) in [6.45, 7) is 2.20. The molecule has 26 heavy (non-hydrogen) atoms. The van der Waals surface area contributed by atoms with Gasteiger partial charge in [-0.25, -0.2) is 4.39 Å². The first-order valence-corrected chi connectivity index (χ1v) is 8.63. The van der Waals surface area contributed by atoms with Crippen molar-refractivity contribution >= 4 is 22.9 Å². The largest absolute Gasteiger partial charge is 0.354 e. The Kier molecular flexibility index (Phi) is 5.28. The lowest BCUT2D eigenvalue weighted by atomic mass is 9.96. The average molecular weight is 351 g/mol. The zero-order valence-electron chi connectivity index (χ0n) is 14.9. The topological polar surface area (TPSA) is 68.7 Å². The second-order valence-electron chi connectivity index (χ2n) is 6.38. The molecule has 5 heteroatoms. The molecule has 2 aromatic carbocycles. The van der Waals surface area contributed by atoms with Gasteiger partial charge < -0.3 is 15.7 Å². The number of ketones is 1. The summed E-state index contributed by atoms with van der Waals surface area (Å²) in [7, 11) is 1.90. The molecular formula is C21H22FN3O. The first kappa shape index (κ1) is 18.0. The predicted octanol–water partition coefficient (Wildman–Crippen LogP) is 4.48. The Balaban J connectivity index is 2.27. The van der Waals surface area contributed by atoms with Crippen molar-refractivity contribution in [2.24, 2.45) is 0 Å². The Morgan fingerprint density at radius 1 is 1.31 bits per heavy atom. The lowest BCUT2D eigenvalue weighted by molar-refractivity contribution is 0.101. The predicted molar refractivity (Wildman–Crippen MR) is 104 cm³/mol. The molecule has 0 amide bonds. The van der Waals surface area contributed by atoms with E-state index in [-0.39, 0.29) is 5.78 Å². The number of carbonyl (C=O) groups excluding carboxylic acids is 1. The van der Waals surface area contributed by atoms with Crippen molar-refractivity contribution in [1.82, 2.24) is 10.3 Å². The van der Waals surface area contributed by atoms with Crippen molar-refractivity contribution in [3.63, 3.8) is 0 Å². The highest BCUT2D eigenvalue weighted by atomic mass is 19.1. The molecule has 0 unspecified atom stereocenters. The van der Waals surface area contributed by atoms with Crippen molar-refractivity contribution in [3.05, 3.63) is 58.9 Å². The molecule has 0 atom stereocenters. The maximum atomic E-state index is 14.0. The van der Waals surface area contributed by atoms with Crippen LogP contribution in [0.15, 0.2) is 36.4 Å². The first-order valence-electron chi connectivity index (χ1n) is 8.63. The van der Waals surface area contributed by atoms with Crippen LogP contribution in [0.5, 0.6) is 0 Å². The number of benzene rings is 2. The van der Waals surface area contributed by atoms with E-state index >= 15 is 0 Å². The second-order valence-corrected chi connectivity index (χ2v) is 6.38. The van der Waals surface area contributed by atoms with Crippen LogP contribution < -0.4 is 5.32 Å². The Morgan fingerprint density at radius 3 is 2.81 bits per heavy atom. The molecule has 1 heterocycles.